The molecule has 0 saturated heterocycles. The van der Waals surface area contributed by atoms with Crippen LogP contribution < -0.4 is 5.32 Å². The molecule has 1 aromatic rings. The molecule has 1 heterocycles. The number of aromatic nitrogens is 3. The van der Waals surface area contributed by atoms with Gasteiger partial charge in [-0.15, -0.1) is 10.2 Å². The second-order valence-corrected chi connectivity index (χ2v) is 4.07. The first kappa shape index (κ1) is 10.1. The number of nitrogens with zero attached hydrogens (tertiary/aromatic N) is 3. The molecule has 0 aliphatic heterocycles. The number of hydrogen-bond acceptors (Lipinski definition) is 3. The van der Waals surface area contributed by atoms with Crippen LogP contribution in [0.2, 0.25) is 0 Å². The Kier molecular flexibility index (Phi) is 2.99. The van der Waals surface area contributed by atoms with E-state index < -0.39 is 0 Å². The Labute approximate surface area is 88.9 Å². The van der Waals surface area contributed by atoms with E-state index >= 15 is 0 Å². The van der Waals surface area contributed by atoms with E-state index in [4.69, 9.17) is 0 Å². The first-order valence-corrected chi connectivity index (χ1v) is 5.42. The second-order valence-electron chi connectivity index (χ2n) is 4.07. The maximum atomic E-state index is 11.8. The third-order valence-electron chi connectivity index (χ3n) is 2.85. The minimum Gasteiger partial charge on any atom is -0.347 e. The predicted molar refractivity (Wildman–Crippen MR) is 55.3 cm³/mol. The summed E-state index contributed by atoms with van der Waals surface area (Å²) >= 11 is 0. The van der Waals surface area contributed by atoms with Crippen molar-refractivity contribution in [1.82, 2.24) is 20.1 Å². The highest BCUT2D eigenvalue weighted by Gasteiger charge is 2.18. The van der Waals surface area contributed by atoms with Gasteiger partial charge in [-0.3, -0.25) is 4.79 Å². The smallest absolute Gasteiger partial charge is 0.289 e. The quantitative estimate of drug-likeness (QED) is 0.784. The van der Waals surface area contributed by atoms with Gasteiger partial charge in [0.15, 0.2) is 0 Å². The Bertz CT molecular complexity index is 341. The second kappa shape index (κ2) is 4.42. The fraction of sp³-hybridized carbons (Fsp3) is 0.700. The van der Waals surface area contributed by atoms with Gasteiger partial charge >= 0.3 is 0 Å². The molecule has 1 fully saturated rings. The number of rotatable bonds is 2. The number of aryl methyl sites for hydroxylation is 1. The van der Waals surface area contributed by atoms with Crippen molar-refractivity contribution in [3.63, 3.8) is 0 Å². The van der Waals surface area contributed by atoms with E-state index in [1.54, 1.807) is 11.6 Å². The topological polar surface area (TPSA) is 59.8 Å². The fourth-order valence-corrected chi connectivity index (χ4v) is 1.99. The molecule has 15 heavy (non-hydrogen) atoms. The lowest BCUT2D eigenvalue weighted by atomic mass is 9.95. The first-order chi connectivity index (χ1) is 7.27. The molecule has 1 amide bonds. The molecule has 2 rings (SSSR count). The lowest BCUT2D eigenvalue weighted by Gasteiger charge is -2.22. The molecular formula is C10H16N4O. The number of carbonyl (C=O) groups excluding carboxylic acids is 1. The molecule has 0 unspecified atom stereocenters. The first-order valence-electron chi connectivity index (χ1n) is 5.42. The van der Waals surface area contributed by atoms with E-state index in [1.165, 1.54) is 25.6 Å². The van der Waals surface area contributed by atoms with Crippen molar-refractivity contribution in [2.45, 2.75) is 38.1 Å². The summed E-state index contributed by atoms with van der Waals surface area (Å²) in [6.45, 7) is 0. The molecule has 0 radical (unpaired) electrons. The zero-order valence-electron chi connectivity index (χ0n) is 8.94. The highest BCUT2D eigenvalue weighted by Crippen LogP contribution is 2.17. The van der Waals surface area contributed by atoms with E-state index in [1.807, 2.05) is 0 Å². The Morgan fingerprint density at radius 3 is 2.80 bits per heavy atom. The van der Waals surface area contributed by atoms with Crippen LogP contribution in [0, 0.1) is 0 Å². The summed E-state index contributed by atoms with van der Waals surface area (Å²) in [6, 6.07) is 0.322. The monoisotopic (exact) mass is 208 g/mol. The average molecular weight is 208 g/mol. The lowest BCUT2D eigenvalue weighted by molar-refractivity contribution is 0.0913. The molecule has 0 bridgehead atoms. The summed E-state index contributed by atoms with van der Waals surface area (Å²) in [5.74, 6) is 0.280. The summed E-state index contributed by atoms with van der Waals surface area (Å²) in [7, 11) is 1.77. The van der Waals surface area contributed by atoms with Gasteiger partial charge < -0.3 is 9.88 Å². The van der Waals surface area contributed by atoms with Crippen molar-refractivity contribution in [2.75, 3.05) is 0 Å². The fourth-order valence-electron chi connectivity index (χ4n) is 1.99. The maximum Gasteiger partial charge on any atom is 0.289 e. The van der Waals surface area contributed by atoms with Crippen LogP contribution in [0.15, 0.2) is 6.33 Å². The molecule has 5 nitrogen and oxygen atoms in total. The lowest BCUT2D eigenvalue weighted by Crippen LogP contribution is -2.37. The third kappa shape index (κ3) is 2.34. The van der Waals surface area contributed by atoms with Gasteiger partial charge in [-0.25, -0.2) is 0 Å². The molecule has 1 saturated carbocycles. The Morgan fingerprint density at radius 1 is 1.47 bits per heavy atom. The van der Waals surface area contributed by atoms with E-state index in [-0.39, 0.29) is 5.91 Å². The highest BCUT2D eigenvalue weighted by atomic mass is 16.2. The summed E-state index contributed by atoms with van der Waals surface area (Å²) in [4.78, 5) is 11.8. The van der Waals surface area contributed by atoms with Crippen LogP contribution in [-0.4, -0.2) is 26.7 Å². The van der Waals surface area contributed by atoms with Crippen molar-refractivity contribution >= 4 is 5.91 Å². The molecule has 0 atom stereocenters. The van der Waals surface area contributed by atoms with Crippen LogP contribution in [0.1, 0.15) is 42.7 Å². The Balaban J connectivity index is 1.94. The number of nitrogens with one attached hydrogen (secondary N) is 1. The largest absolute Gasteiger partial charge is 0.347 e. The van der Waals surface area contributed by atoms with Crippen molar-refractivity contribution in [3.05, 3.63) is 12.2 Å². The van der Waals surface area contributed by atoms with Gasteiger partial charge in [0.1, 0.15) is 6.33 Å². The molecule has 82 valence electrons. The molecule has 1 aliphatic carbocycles. The van der Waals surface area contributed by atoms with Gasteiger partial charge in [0.25, 0.3) is 5.91 Å². The summed E-state index contributed by atoms with van der Waals surface area (Å²) < 4.78 is 1.64. The van der Waals surface area contributed by atoms with E-state index in [0.29, 0.717) is 11.9 Å². The van der Waals surface area contributed by atoms with E-state index in [0.717, 1.165) is 12.8 Å². The van der Waals surface area contributed by atoms with Crippen LogP contribution in [-0.2, 0) is 7.05 Å². The highest BCUT2D eigenvalue weighted by molar-refractivity contribution is 5.90. The molecule has 5 heteroatoms. The van der Waals surface area contributed by atoms with E-state index in [9.17, 15) is 4.79 Å². The van der Waals surface area contributed by atoms with Gasteiger partial charge in [-0.1, -0.05) is 19.3 Å². The van der Waals surface area contributed by atoms with Crippen LogP contribution in [0.3, 0.4) is 0 Å². The molecular weight excluding hydrogens is 192 g/mol. The third-order valence-corrected chi connectivity index (χ3v) is 2.85. The van der Waals surface area contributed by atoms with Gasteiger partial charge in [0, 0.05) is 13.1 Å². The molecule has 1 aromatic heterocycles. The minimum atomic E-state index is -0.109. The predicted octanol–water partition coefficient (Wildman–Crippen LogP) is 0.878. The van der Waals surface area contributed by atoms with E-state index in [2.05, 4.69) is 15.5 Å². The van der Waals surface area contributed by atoms with Gasteiger partial charge in [0.05, 0.1) is 0 Å². The van der Waals surface area contributed by atoms with Crippen molar-refractivity contribution in [3.8, 4) is 0 Å². The molecule has 0 aromatic carbocycles. The van der Waals surface area contributed by atoms with Crippen LogP contribution in [0.25, 0.3) is 0 Å². The summed E-state index contributed by atoms with van der Waals surface area (Å²) in [5.41, 5.74) is 0. The average Bonchev–Trinajstić information content (AvgIpc) is 2.66. The van der Waals surface area contributed by atoms with Gasteiger partial charge in [-0.05, 0) is 12.8 Å². The SMILES string of the molecule is Cn1cnnc1C(=O)NC1CCCCC1. The zero-order chi connectivity index (χ0) is 10.7. The Morgan fingerprint density at radius 2 is 2.20 bits per heavy atom. The van der Waals surface area contributed by atoms with Gasteiger partial charge in [0.2, 0.25) is 5.82 Å². The van der Waals surface area contributed by atoms with Crippen molar-refractivity contribution in [1.29, 1.82) is 0 Å². The number of amides is 1. The number of carbonyl (C=O) groups is 1. The van der Waals surface area contributed by atoms with Crippen molar-refractivity contribution in [2.24, 2.45) is 7.05 Å². The number of hydrogen-bond donors (Lipinski definition) is 1. The summed E-state index contributed by atoms with van der Waals surface area (Å²) in [5, 5.41) is 10.5. The Hall–Kier alpha value is -1.39. The molecule has 0 spiro atoms. The standard InChI is InChI=1S/C10H16N4O/c1-14-7-11-13-9(14)10(15)12-8-5-3-2-4-6-8/h7-8H,2-6H2,1H3,(H,12,15). The van der Waals surface area contributed by atoms with Gasteiger partial charge in [-0.2, -0.15) is 0 Å². The van der Waals surface area contributed by atoms with Crippen molar-refractivity contribution < 1.29 is 4.79 Å². The minimum absolute atomic E-state index is 0.109. The van der Waals surface area contributed by atoms with Crippen LogP contribution in [0.5, 0.6) is 0 Å². The van der Waals surface area contributed by atoms with Crippen LogP contribution >= 0.6 is 0 Å². The summed E-state index contributed by atoms with van der Waals surface area (Å²) in [6.07, 6.45) is 7.42. The van der Waals surface area contributed by atoms with Crippen LogP contribution in [0.4, 0.5) is 0 Å². The zero-order valence-corrected chi connectivity index (χ0v) is 8.94. The molecule has 1 N–H and O–H groups in total. The normalized spacial score (nSPS) is 17.7. The maximum absolute atomic E-state index is 11.8. The molecule has 1 aliphatic rings.